The Kier molecular flexibility index (Phi) is 5.17. The maximum absolute atomic E-state index is 5.71. The van der Waals surface area contributed by atoms with E-state index in [-0.39, 0.29) is 0 Å². The highest BCUT2D eigenvalue weighted by atomic mass is 32.2. The average molecular weight is 279 g/mol. The first kappa shape index (κ1) is 14.7. The highest BCUT2D eigenvalue weighted by Crippen LogP contribution is 2.42. The molecule has 3 heteroatoms. The van der Waals surface area contributed by atoms with Crippen LogP contribution in [0.4, 0.5) is 0 Å². The van der Waals surface area contributed by atoms with E-state index in [9.17, 15) is 0 Å². The van der Waals surface area contributed by atoms with Crippen LogP contribution in [-0.4, -0.2) is 24.2 Å². The largest absolute Gasteiger partial charge is 0.494 e. The van der Waals surface area contributed by atoms with Gasteiger partial charge in [0.1, 0.15) is 5.75 Å². The summed E-state index contributed by atoms with van der Waals surface area (Å²) in [6, 6.07) is 8.69. The molecule has 1 aliphatic carbocycles. The summed E-state index contributed by atoms with van der Waals surface area (Å²) in [5, 5.41) is 3.69. The van der Waals surface area contributed by atoms with Gasteiger partial charge in [-0.3, -0.25) is 0 Å². The van der Waals surface area contributed by atoms with E-state index in [1.165, 1.54) is 24.8 Å². The highest BCUT2D eigenvalue weighted by Gasteiger charge is 2.36. The summed E-state index contributed by atoms with van der Waals surface area (Å²) >= 11 is 2.02. The van der Waals surface area contributed by atoms with Crippen LogP contribution in [-0.2, 0) is 0 Å². The Morgan fingerprint density at radius 3 is 2.68 bits per heavy atom. The van der Waals surface area contributed by atoms with E-state index in [2.05, 4.69) is 36.7 Å². The third-order valence-electron chi connectivity index (χ3n) is 4.11. The van der Waals surface area contributed by atoms with Gasteiger partial charge in [-0.15, -0.1) is 0 Å². The molecule has 1 fully saturated rings. The number of rotatable bonds is 7. The zero-order valence-corrected chi connectivity index (χ0v) is 13.1. The summed E-state index contributed by atoms with van der Waals surface area (Å²) in [5.74, 6) is 1.01. The van der Waals surface area contributed by atoms with Gasteiger partial charge in [0.05, 0.1) is 6.61 Å². The standard InChI is InChI=1S/C16H25NOS/c1-4-18-15-9-6-5-8-14(15)13(2)17-12-16(19-3)10-7-11-16/h5-6,8-9,13,17H,4,7,10-12H2,1-3H3. The molecule has 1 unspecified atom stereocenters. The molecule has 0 amide bonds. The Bertz CT molecular complexity index is 398. The van der Waals surface area contributed by atoms with E-state index in [0.29, 0.717) is 10.8 Å². The van der Waals surface area contributed by atoms with Crippen LogP contribution >= 0.6 is 11.8 Å². The maximum Gasteiger partial charge on any atom is 0.124 e. The van der Waals surface area contributed by atoms with Gasteiger partial charge in [-0.25, -0.2) is 0 Å². The molecule has 2 nitrogen and oxygen atoms in total. The van der Waals surface area contributed by atoms with Crippen molar-refractivity contribution in [3.8, 4) is 5.75 Å². The van der Waals surface area contributed by atoms with E-state index in [1.807, 2.05) is 24.8 Å². The summed E-state index contributed by atoms with van der Waals surface area (Å²) in [5.41, 5.74) is 1.26. The number of thioether (sulfide) groups is 1. The predicted octanol–water partition coefficient (Wildman–Crippen LogP) is 4.02. The van der Waals surface area contributed by atoms with E-state index in [4.69, 9.17) is 4.74 Å². The zero-order chi connectivity index (χ0) is 13.7. The first-order valence-corrected chi connectivity index (χ1v) is 8.43. The summed E-state index contributed by atoms with van der Waals surface area (Å²) in [7, 11) is 0. The number of para-hydroxylation sites is 1. The third kappa shape index (κ3) is 3.46. The fraction of sp³-hybridized carbons (Fsp3) is 0.625. The first-order chi connectivity index (χ1) is 9.21. The summed E-state index contributed by atoms with van der Waals surface area (Å²) in [4.78, 5) is 0. The lowest BCUT2D eigenvalue weighted by Gasteiger charge is -2.41. The normalized spacial score (nSPS) is 18.7. The Balaban J connectivity index is 1.97. The second-order valence-corrected chi connectivity index (χ2v) is 6.59. The van der Waals surface area contributed by atoms with E-state index in [0.717, 1.165) is 18.9 Å². The van der Waals surface area contributed by atoms with Gasteiger partial charge in [0.2, 0.25) is 0 Å². The van der Waals surface area contributed by atoms with Crippen molar-refractivity contribution >= 4 is 11.8 Å². The quantitative estimate of drug-likeness (QED) is 0.814. The zero-order valence-electron chi connectivity index (χ0n) is 12.2. The van der Waals surface area contributed by atoms with Crippen LogP contribution in [0.15, 0.2) is 24.3 Å². The summed E-state index contributed by atoms with van der Waals surface area (Å²) in [6.45, 7) is 6.07. The van der Waals surface area contributed by atoms with Crippen molar-refractivity contribution in [1.82, 2.24) is 5.32 Å². The lowest BCUT2D eigenvalue weighted by atomic mass is 9.84. The number of ether oxygens (including phenoxy) is 1. The molecule has 0 aromatic heterocycles. The van der Waals surface area contributed by atoms with Crippen LogP contribution in [0.5, 0.6) is 5.75 Å². The lowest BCUT2D eigenvalue weighted by Crippen LogP contribution is -2.44. The maximum atomic E-state index is 5.71. The minimum atomic E-state index is 0.340. The molecule has 1 N–H and O–H groups in total. The van der Waals surface area contributed by atoms with Crippen LogP contribution in [0.1, 0.15) is 44.7 Å². The minimum Gasteiger partial charge on any atom is -0.494 e. The Hall–Kier alpha value is -0.670. The summed E-state index contributed by atoms with van der Waals surface area (Å²) < 4.78 is 6.19. The van der Waals surface area contributed by atoms with Crippen molar-refractivity contribution in [2.45, 2.75) is 43.9 Å². The second-order valence-electron chi connectivity index (χ2n) is 5.31. The van der Waals surface area contributed by atoms with E-state index in [1.54, 1.807) is 0 Å². The van der Waals surface area contributed by atoms with Gasteiger partial charge < -0.3 is 10.1 Å². The monoisotopic (exact) mass is 279 g/mol. The first-order valence-electron chi connectivity index (χ1n) is 7.21. The SMILES string of the molecule is CCOc1ccccc1C(C)NCC1(SC)CCC1. The van der Waals surface area contributed by atoms with Crippen molar-refractivity contribution in [2.24, 2.45) is 0 Å². The van der Waals surface area contributed by atoms with Crippen LogP contribution in [0.25, 0.3) is 0 Å². The van der Waals surface area contributed by atoms with Gasteiger partial charge >= 0.3 is 0 Å². The van der Waals surface area contributed by atoms with Crippen LogP contribution in [0.3, 0.4) is 0 Å². The van der Waals surface area contributed by atoms with Crippen LogP contribution < -0.4 is 10.1 Å². The lowest BCUT2D eigenvalue weighted by molar-refractivity contribution is 0.319. The van der Waals surface area contributed by atoms with Gasteiger partial charge in [0, 0.05) is 22.9 Å². The molecule has 0 heterocycles. The van der Waals surface area contributed by atoms with Crippen LogP contribution in [0.2, 0.25) is 0 Å². The van der Waals surface area contributed by atoms with E-state index < -0.39 is 0 Å². The topological polar surface area (TPSA) is 21.3 Å². The molecule has 1 saturated carbocycles. The van der Waals surface area contributed by atoms with Crippen molar-refractivity contribution in [2.75, 3.05) is 19.4 Å². The molecule has 0 radical (unpaired) electrons. The molecule has 106 valence electrons. The number of hydrogen-bond donors (Lipinski definition) is 1. The molecule has 2 rings (SSSR count). The Labute approximate surface area is 121 Å². The summed E-state index contributed by atoms with van der Waals surface area (Å²) in [6.07, 6.45) is 6.31. The number of benzene rings is 1. The third-order valence-corrected chi connectivity index (χ3v) is 5.53. The molecule has 0 spiro atoms. The van der Waals surface area contributed by atoms with Crippen molar-refractivity contribution in [1.29, 1.82) is 0 Å². The molecule has 0 saturated heterocycles. The van der Waals surface area contributed by atoms with Crippen molar-refractivity contribution < 1.29 is 4.74 Å². The molecule has 1 aromatic carbocycles. The molecule has 0 bridgehead atoms. The smallest absolute Gasteiger partial charge is 0.124 e. The molecule has 0 aliphatic heterocycles. The molecular formula is C16H25NOS. The molecule has 1 aliphatic rings. The fourth-order valence-corrected chi connectivity index (χ4v) is 3.52. The fourth-order valence-electron chi connectivity index (χ4n) is 2.60. The van der Waals surface area contributed by atoms with Gasteiger partial charge in [-0.1, -0.05) is 24.6 Å². The molecule has 1 aromatic rings. The molecule has 19 heavy (non-hydrogen) atoms. The van der Waals surface area contributed by atoms with Gasteiger partial charge in [0.25, 0.3) is 0 Å². The Morgan fingerprint density at radius 1 is 1.37 bits per heavy atom. The van der Waals surface area contributed by atoms with Gasteiger partial charge in [0.15, 0.2) is 0 Å². The van der Waals surface area contributed by atoms with Gasteiger partial charge in [-0.05, 0) is 39.0 Å². The minimum absolute atomic E-state index is 0.340. The van der Waals surface area contributed by atoms with Crippen molar-refractivity contribution in [3.05, 3.63) is 29.8 Å². The average Bonchev–Trinajstić information content (AvgIpc) is 2.39. The van der Waals surface area contributed by atoms with Crippen LogP contribution in [0, 0.1) is 0 Å². The second kappa shape index (κ2) is 6.67. The predicted molar refractivity (Wildman–Crippen MR) is 84.1 cm³/mol. The number of nitrogens with one attached hydrogen (secondary N) is 1. The van der Waals surface area contributed by atoms with Crippen molar-refractivity contribution in [3.63, 3.8) is 0 Å². The highest BCUT2D eigenvalue weighted by molar-refractivity contribution is 8.00. The van der Waals surface area contributed by atoms with Gasteiger partial charge in [-0.2, -0.15) is 11.8 Å². The number of hydrogen-bond acceptors (Lipinski definition) is 3. The Morgan fingerprint density at radius 2 is 2.11 bits per heavy atom. The molecule has 1 atom stereocenters. The molecular weight excluding hydrogens is 254 g/mol. The van der Waals surface area contributed by atoms with E-state index >= 15 is 0 Å².